The van der Waals surface area contributed by atoms with Crippen molar-refractivity contribution in [2.75, 3.05) is 11.9 Å². The molecule has 28 heavy (non-hydrogen) atoms. The lowest BCUT2D eigenvalue weighted by atomic mass is 10.0. The smallest absolute Gasteiger partial charge is 0.263 e. The zero-order chi connectivity index (χ0) is 19.7. The second-order valence-corrected chi connectivity index (χ2v) is 6.75. The predicted molar refractivity (Wildman–Crippen MR) is 96.9 cm³/mol. The lowest BCUT2D eigenvalue weighted by Crippen LogP contribution is -2.52. The van der Waals surface area contributed by atoms with Crippen molar-refractivity contribution in [1.29, 1.82) is 0 Å². The normalized spacial score (nSPS) is 19.0. The summed E-state index contributed by atoms with van der Waals surface area (Å²) in [7, 11) is 0. The monoisotopic (exact) mass is 384 g/mol. The van der Waals surface area contributed by atoms with E-state index in [1.165, 1.54) is 4.90 Å². The lowest BCUT2D eigenvalue weighted by molar-refractivity contribution is -0.136. The van der Waals surface area contributed by atoms with Gasteiger partial charge in [0.1, 0.15) is 6.04 Å². The van der Waals surface area contributed by atoms with Crippen molar-refractivity contribution < 1.29 is 18.9 Å². The van der Waals surface area contributed by atoms with Crippen LogP contribution in [0.25, 0.3) is 0 Å². The number of imide groups is 1. The van der Waals surface area contributed by atoms with Crippen LogP contribution in [0.5, 0.6) is 0 Å². The van der Waals surface area contributed by atoms with E-state index in [2.05, 4.69) is 20.8 Å². The quantitative estimate of drug-likeness (QED) is 0.588. The molecule has 1 unspecified atom stereocenters. The Balaban J connectivity index is 1.49. The molecule has 10 heteroatoms. The maximum atomic E-state index is 12.8. The minimum atomic E-state index is -0.630. The number of piperidine rings is 1. The highest BCUT2D eigenvalue weighted by Crippen LogP contribution is 2.30. The molecule has 10 nitrogen and oxygen atoms in total. The first-order valence-electron chi connectivity index (χ1n) is 9.08. The number of amides is 3. The van der Waals surface area contributed by atoms with Crippen molar-refractivity contribution in [3.63, 3.8) is 0 Å². The van der Waals surface area contributed by atoms with Crippen LogP contribution >= 0.6 is 0 Å². The van der Waals surface area contributed by atoms with Crippen molar-refractivity contribution in [3.05, 3.63) is 40.8 Å². The van der Waals surface area contributed by atoms with E-state index in [-0.39, 0.29) is 18.2 Å². The maximum absolute atomic E-state index is 12.8. The third-order valence-electron chi connectivity index (χ3n) is 4.94. The zero-order valence-electron chi connectivity index (χ0n) is 15.1. The summed E-state index contributed by atoms with van der Waals surface area (Å²) in [6, 6.07) is 4.83. The Morgan fingerprint density at radius 2 is 2.18 bits per heavy atom. The maximum Gasteiger partial charge on any atom is 0.263 e. The number of anilines is 1. The number of nitrogens with one attached hydrogen (secondary N) is 2. The van der Waals surface area contributed by atoms with E-state index in [0.29, 0.717) is 49.9 Å². The van der Waals surface area contributed by atoms with Crippen LogP contribution in [0.2, 0.25) is 0 Å². The molecular formula is C18H20N6O4. The van der Waals surface area contributed by atoms with Crippen LogP contribution in [0.15, 0.2) is 22.7 Å². The third kappa shape index (κ3) is 3.33. The summed E-state index contributed by atoms with van der Waals surface area (Å²) in [5.41, 5.74) is 7.80. The van der Waals surface area contributed by atoms with Crippen molar-refractivity contribution in [1.82, 2.24) is 20.4 Å². The molecule has 1 atom stereocenters. The predicted octanol–water partition coefficient (Wildman–Crippen LogP) is -0.0561. The summed E-state index contributed by atoms with van der Waals surface area (Å²) in [6.07, 6.45) is 1.07. The molecule has 0 aliphatic carbocycles. The van der Waals surface area contributed by atoms with E-state index >= 15 is 0 Å². The van der Waals surface area contributed by atoms with E-state index in [9.17, 15) is 14.4 Å². The van der Waals surface area contributed by atoms with Gasteiger partial charge in [0, 0.05) is 38.0 Å². The molecule has 4 rings (SSSR count). The standard InChI is InChI=1S/C18H20N6O4/c19-7-6-15-22-18(23-28-15)20-8-10-2-1-3-11-12(10)9-24(17(11)27)13-4-5-14(25)21-16(13)26/h1-3,13H,4-9,19H2,(H,20,23)(H,21,25,26). The number of fused-ring (bicyclic) bond motifs is 1. The lowest BCUT2D eigenvalue weighted by Gasteiger charge is -2.29. The Hall–Kier alpha value is -3.27. The van der Waals surface area contributed by atoms with E-state index in [0.717, 1.165) is 11.1 Å². The van der Waals surface area contributed by atoms with Crippen molar-refractivity contribution >= 4 is 23.7 Å². The van der Waals surface area contributed by atoms with Crippen molar-refractivity contribution in [2.24, 2.45) is 5.73 Å². The number of hydrogen-bond acceptors (Lipinski definition) is 8. The molecule has 3 heterocycles. The summed E-state index contributed by atoms with van der Waals surface area (Å²) in [5, 5.41) is 9.24. The van der Waals surface area contributed by atoms with Gasteiger partial charge in [0.05, 0.1) is 0 Å². The van der Waals surface area contributed by atoms with Crippen LogP contribution in [0.3, 0.4) is 0 Å². The van der Waals surface area contributed by atoms with Crippen molar-refractivity contribution in [3.8, 4) is 0 Å². The summed E-state index contributed by atoms with van der Waals surface area (Å²) in [4.78, 5) is 42.1. The number of hydrogen-bond donors (Lipinski definition) is 3. The average molecular weight is 384 g/mol. The van der Waals surface area contributed by atoms with Gasteiger partial charge in [-0.05, 0) is 28.8 Å². The van der Waals surface area contributed by atoms with Gasteiger partial charge in [0.2, 0.25) is 17.7 Å². The molecule has 3 amide bonds. The fraction of sp³-hybridized carbons (Fsp3) is 0.389. The highest BCUT2D eigenvalue weighted by Gasteiger charge is 2.39. The zero-order valence-corrected chi connectivity index (χ0v) is 15.1. The van der Waals surface area contributed by atoms with Gasteiger partial charge in [0.15, 0.2) is 0 Å². The largest absolute Gasteiger partial charge is 0.347 e. The molecule has 1 aromatic heterocycles. The highest BCUT2D eigenvalue weighted by molar-refractivity contribution is 6.05. The molecule has 0 saturated carbocycles. The van der Waals surface area contributed by atoms with Crippen LogP contribution in [-0.2, 0) is 29.1 Å². The van der Waals surface area contributed by atoms with Crippen molar-refractivity contribution in [2.45, 2.75) is 38.4 Å². The first-order chi connectivity index (χ1) is 13.6. The fourth-order valence-electron chi connectivity index (χ4n) is 3.54. The van der Waals surface area contributed by atoms with Gasteiger partial charge in [-0.15, -0.1) is 0 Å². The molecule has 0 radical (unpaired) electrons. The molecule has 1 fully saturated rings. The van der Waals surface area contributed by atoms with Gasteiger partial charge in [-0.2, -0.15) is 4.98 Å². The summed E-state index contributed by atoms with van der Waals surface area (Å²) in [5.74, 6) is -0.105. The number of rotatable bonds is 6. The first kappa shape index (κ1) is 18.1. The number of nitrogens with two attached hydrogens (primary N) is 1. The molecule has 4 N–H and O–H groups in total. The van der Waals surface area contributed by atoms with Gasteiger partial charge in [0.25, 0.3) is 11.9 Å². The molecular weight excluding hydrogens is 364 g/mol. The number of benzene rings is 1. The second kappa shape index (κ2) is 7.39. The number of carbonyl (C=O) groups is 3. The van der Waals surface area contributed by atoms with E-state index in [1.807, 2.05) is 6.07 Å². The van der Waals surface area contributed by atoms with E-state index in [4.69, 9.17) is 10.3 Å². The summed E-state index contributed by atoms with van der Waals surface area (Å²) >= 11 is 0. The topological polar surface area (TPSA) is 143 Å². The Kier molecular flexibility index (Phi) is 4.78. The third-order valence-corrected chi connectivity index (χ3v) is 4.94. The van der Waals surface area contributed by atoms with Crippen LogP contribution < -0.4 is 16.4 Å². The molecule has 146 valence electrons. The molecule has 2 aromatic rings. The van der Waals surface area contributed by atoms with Gasteiger partial charge >= 0.3 is 0 Å². The molecule has 1 saturated heterocycles. The van der Waals surface area contributed by atoms with Crippen LogP contribution in [0.4, 0.5) is 5.95 Å². The van der Waals surface area contributed by atoms with E-state index in [1.54, 1.807) is 12.1 Å². The Bertz CT molecular complexity index is 940. The Morgan fingerprint density at radius 3 is 2.96 bits per heavy atom. The molecule has 2 aliphatic rings. The summed E-state index contributed by atoms with van der Waals surface area (Å²) < 4.78 is 5.08. The highest BCUT2D eigenvalue weighted by atomic mass is 16.5. The van der Waals surface area contributed by atoms with Gasteiger partial charge < -0.3 is 20.5 Å². The number of nitrogens with zero attached hydrogens (tertiary/aromatic N) is 3. The fourth-order valence-corrected chi connectivity index (χ4v) is 3.54. The van der Waals surface area contributed by atoms with Gasteiger partial charge in [-0.3, -0.25) is 19.7 Å². The average Bonchev–Trinajstić information content (AvgIpc) is 3.26. The Labute approximate surface area is 160 Å². The minimum absolute atomic E-state index is 0.198. The molecule has 1 aromatic carbocycles. The second-order valence-electron chi connectivity index (χ2n) is 6.75. The van der Waals surface area contributed by atoms with Crippen LogP contribution in [-0.4, -0.2) is 45.3 Å². The molecule has 2 aliphatic heterocycles. The van der Waals surface area contributed by atoms with E-state index < -0.39 is 11.9 Å². The van der Waals surface area contributed by atoms with Gasteiger partial charge in [-0.1, -0.05) is 12.1 Å². The van der Waals surface area contributed by atoms with Crippen LogP contribution in [0, 0.1) is 0 Å². The Morgan fingerprint density at radius 1 is 1.32 bits per heavy atom. The van der Waals surface area contributed by atoms with Gasteiger partial charge in [-0.25, -0.2) is 0 Å². The molecule has 0 spiro atoms. The minimum Gasteiger partial charge on any atom is -0.347 e. The SMILES string of the molecule is NCCc1nc(NCc2cccc3c2CN(C2CCC(=O)NC2=O)C3=O)no1. The number of carbonyl (C=O) groups excluding carboxylic acids is 3. The van der Waals surface area contributed by atoms with Crippen LogP contribution in [0.1, 0.15) is 40.2 Å². The molecule has 0 bridgehead atoms. The number of aromatic nitrogens is 2. The summed E-state index contributed by atoms with van der Waals surface area (Å²) in [6.45, 7) is 1.15. The first-order valence-corrected chi connectivity index (χ1v) is 9.08.